The van der Waals surface area contributed by atoms with Gasteiger partial charge in [0.05, 0.1) is 5.60 Å². The van der Waals surface area contributed by atoms with Crippen molar-refractivity contribution in [2.24, 2.45) is 17.3 Å². The normalized spacial score (nSPS) is 37.3. The van der Waals surface area contributed by atoms with Gasteiger partial charge in [-0.2, -0.15) is 0 Å². The van der Waals surface area contributed by atoms with Gasteiger partial charge in [-0.05, 0) is 43.6 Å². The van der Waals surface area contributed by atoms with E-state index in [4.69, 9.17) is 0 Å². The SMILES string of the molecule is C[C@H]1CC(=O)C=C2C(=O)C[C@@H](C(C)(C)O)C[C@@]21C. The van der Waals surface area contributed by atoms with Crippen molar-refractivity contribution in [1.82, 2.24) is 0 Å². The fourth-order valence-corrected chi connectivity index (χ4v) is 3.30. The maximum atomic E-state index is 12.3. The number of aliphatic hydroxyl groups is 1. The van der Waals surface area contributed by atoms with Gasteiger partial charge in [0.2, 0.25) is 0 Å². The van der Waals surface area contributed by atoms with E-state index >= 15 is 0 Å². The molecule has 0 spiro atoms. The van der Waals surface area contributed by atoms with Crippen molar-refractivity contribution < 1.29 is 14.7 Å². The number of carbonyl (C=O) groups is 2. The first kappa shape index (κ1) is 13.5. The van der Waals surface area contributed by atoms with Crippen molar-refractivity contribution >= 4 is 11.6 Å². The molecule has 1 N–H and O–H groups in total. The van der Waals surface area contributed by atoms with Gasteiger partial charge in [-0.1, -0.05) is 13.8 Å². The van der Waals surface area contributed by atoms with Crippen molar-refractivity contribution in [2.75, 3.05) is 0 Å². The van der Waals surface area contributed by atoms with Crippen molar-refractivity contribution in [2.45, 2.75) is 52.6 Å². The molecule has 1 saturated carbocycles. The highest BCUT2D eigenvalue weighted by atomic mass is 16.3. The van der Waals surface area contributed by atoms with Crippen molar-refractivity contribution in [3.8, 4) is 0 Å². The van der Waals surface area contributed by atoms with E-state index in [1.807, 2.05) is 6.92 Å². The van der Waals surface area contributed by atoms with Crippen LogP contribution < -0.4 is 0 Å². The molecule has 3 nitrogen and oxygen atoms in total. The van der Waals surface area contributed by atoms with Crippen LogP contribution in [0.25, 0.3) is 0 Å². The van der Waals surface area contributed by atoms with E-state index in [-0.39, 0.29) is 28.8 Å². The lowest BCUT2D eigenvalue weighted by Crippen LogP contribution is -2.47. The van der Waals surface area contributed by atoms with E-state index in [9.17, 15) is 14.7 Å². The quantitative estimate of drug-likeness (QED) is 0.776. The number of hydrogen-bond donors (Lipinski definition) is 1. The van der Waals surface area contributed by atoms with E-state index in [1.54, 1.807) is 19.9 Å². The number of allylic oxidation sites excluding steroid dienone is 2. The number of fused-ring (bicyclic) bond motifs is 1. The molecule has 2 aliphatic rings. The number of Topliss-reactive ketones (excluding diaryl/α,β-unsaturated/α-hetero) is 1. The molecule has 100 valence electrons. The monoisotopic (exact) mass is 250 g/mol. The van der Waals surface area contributed by atoms with Crippen LogP contribution in [0.15, 0.2) is 11.6 Å². The topological polar surface area (TPSA) is 54.4 Å². The molecule has 0 aromatic rings. The second kappa shape index (κ2) is 4.02. The number of carbonyl (C=O) groups excluding carboxylic acids is 2. The van der Waals surface area contributed by atoms with Gasteiger partial charge in [-0.25, -0.2) is 0 Å². The van der Waals surface area contributed by atoms with Crippen LogP contribution in [-0.2, 0) is 9.59 Å². The lowest BCUT2D eigenvalue weighted by atomic mass is 9.56. The van der Waals surface area contributed by atoms with E-state index in [0.29, 0.717) is 18.4 Å². The van der Waals surface area contributed by atoms with Crippen LogP contribution in [0.2, 0.25) is 0 Å². The van der Waals surface area contributed by atoms with Crippen molar-refractivity contribution in [1.29, 1.82) is 0 Å². The van der Waals surface area contributed by atoms with Crippen LogP contribution in [0.3, 0.4) is 0 Å². The first-order valence-corrected chi connectivity index (χ1v) is 6.65. The van der Waals surface area contributed by atoms with Crippen LogP contribution in [0, 0.1) is 17.3 Å². The molecule has 0 heterocycles. The Hall–Kier alpha value is -0.960. The lowest BCUT2D eigenvalue weighted by molar-refractivity contribution is -0.128. The van der Waals surface area contributed by atoms with E-state index in [0.717, 1.165) is 6.42 Å². The van der Waals surface area contributed by atoms with Gasteiger partial charge < -0.3 is 5.11 Å². The zero-order chi connectivity index (χ0) is 13.7. The molecule has 1 fully saturated rings. The summed E-state index contributed by atoms with van der Waals surface area (Å²) >= 11 is 0. The summed E-state index contributed by atoms with van der Waals surface area (Å²) in [5.41, 5.74) is -0.411. The standard InChI is InChI=1S/C15H22O3/c1-9-5-11(16)7-12-13(17)6-10(14(2,3)18)8-15(9,12)4/h7,9-10,18H,5-6,8H2,1-4H3/t9-,10+,15+/m0/s1. The van der Waals surface area contributed by atoms with E-state index < -0.39 is 5.60 Å². The molecule has 0 amide bonds. The zero-order valence-electron chi connectivity index (χ0n) is 11.6. The molecule has 3 atom stereocenters. The minimum atomic E-state index is -0.842. The number of ketones is 2. The van der Waals surface area contributed by atoms with Crippen molar-refractivity contribution in [3.63, 3.8) is 0 Å². The molecule has 0 aromatic carbocycles. The fraction of sp³-hybridized carbons (Fsp3) is 0.733. The lowest BCUT2D eigenvalue weighted by Gasteiger charge is -2.48. The average Bonchev–Trinajstić information content (AvgIpc) is 2.20. The summed E-state index contributed by atoms with van der Waals surface area (Å²) < 4.78 is 0. The first-order chi connectivity index (χ1) is 8.14. The highest BCUT2D eigenvalue weighted by Crippen LogP contribution is 2.52. The van der Waals surface area contributed by atoms with Gasteiger partial charge in [0.25, 0.3) is 0 Å². The molecule has 18 heavy (non-hydrogen) atoms. The average molecular weight is 250 g/mol. The Morgan fingerprint density at radius 3 is 2.50 bits per heavy atom. The van der Waals surface area contributed by atoms with Gasteiger partial charge in [0.15, 0.2) is 11.6 Å². The Morgan fingerprint density at radius 1 is 1.33 bits per heavy atom. The van der Waals surface area contributed by atoms with Crippen LogP contribution >= 0.6 is 0 Å². The molecule has 0 unspecified atom stereocenters. The Kier molecular flexibility index (Phi) is 3.01. The van der Waals surface area contributed by atoms with Gasteiger partial charge in [-0.3, -0.25) is 9.59 Å². The van der Waals surface area contributed by atoms with Gasteiger partial charge in [0, 0.05) is 18.4 Å². The highest BCUT2D eigenvalue weighted by Gasteiger charge is 2.49. The summed E-state index contributed by atoms with van der Waals surface area (Å²) in [7, 11) is 0. The number of rotatable bonds is 1. The Balaban J connectivity index is 2.41. The molecule has 0 aromatic heterocycles. The maximum absolute atomic E-state index is 12.3. The smallest absolute Gasteiger partial charge is 0.159 e. The van der Waals surface area contributed by atoms with Crippen LogP contribution in [0.1, 0.15) is 47.0 Å². The highest BCUT2D eigenvalue weighted by molar-refractivity contribution is 6.05. The zero-order valence-corrected chi connectivity index (χ0v) is 11.6. The molecular weight excluding hydrogens is 228 g/mol. The molecule has 3 heteroatoms. The molecule has 0 saturated heterocycles. The molecule has 2 rings (SSSR count). The maximum Gasteiger partial charge on any atom is 0.159 e. The third kappa shape index (κ3) is 2.05. The van der Waals surface area contributed by atoms with Gasteiger partial charge >= 0.3 is 0 Å². The molecule has 0 aliphatic heterocycles. The minimum Gasteiger partial charge on any atom is -0.390 e. The molecular formula is C15H22O3. The number of hydrogen-bond acceptors (Lipinski definition) is 3. The second-order valence-electron chi connectivity index (χ2n) is 6.73. The van der Waals surface area contributed by atoms with Gasteiger partial charge in [0.1, 0.15) is 0 Å². The molecule has 0 radical (unpaired) electrons. The largest absolute Gasteiger partial charge is 0.390 e. The molecule has 2 aliphatic carbocycles. The minimum absolute atomic E-state index is 0.0252. The Morgan fingerprint density at radius 2 is 1.94 bits per heavy atom. The van der Waals surface area contributed by atoms with Crippen LogP contribution in [0.4, 0.5) is 0 Å². The summed E-state index contributed by atoms with van der Waals surface area (Å²) in [6, 6.07) is 0. The molecule has 0 bridgehead atoms. The van der Waals surface area contributed by atoms with E-state index in [2.05, 4.69) is 6.92 Å². The predicted molar refractivity (Wildman–Crippen MR) is 69.0 cm³/mol. The summed E-state index contributed by atoms with van der Waals surface area (Å²) in [6.07, 6.45) is 3.18. The Labute approximate surface area is 108 Å². The van der Waals surface area contributed by atoms with Crippen molar-refractivity contribution in [3.05, 3.63) is 11.6 Å². The second-order valence-corrected chi connectivity index (χ2v) is 6.73. The third-order valence-corrected chi connectivity index (χ3v) is 4.92. The summed E-state index contributed by atoms with van der Waals surface area (Å²) in [5.74, 6) is 0.239. The van der Waals surface area contributed by atoms with Gasteiger partial charge in [-0.15, -0.1) is 0 Å². The summed E-state index contributed by atoms with van der Waals surface area (Å²) in [5, 5.41) is 10.2. The van der Waals surface area contributed by atoms with E-state index in [1.165, 1.54) is 0 Å². The first-order valence-electron chi connectivity index (χ1n) is 6.65. The van der Waals surface area contributed by atoms with Crippen LogP contribution in [0.5, 0.6) is 0 Å². The predicted octanol–water partition coefficient (Wildman–Crippen LogP) is 2.28. The summed E-state index contributed by atoms with van der Waals surface area (Å²) in [4.78, 5) is 23.9. The van der Waals surface area contributed by atoms with Crippen LogP contribution in [-0.4, -0.2) is 22.3 Å². The fourth-order valence-electron chi connectivity index (χ4n) is 3.30. The Bertz CT molecular complexity index is 428. The third-order valence-electron chi connectivity index (χ3n) is 4.92. The summed E-state index contributed by atoms with van der Waals surface area (Å²) in [6.45, 7) is 7.62.